The molecule has 6 heterocycles. The predicted molar refractivity (Wildman–Crippen MR) is 402 cm³/mol. The van der Waals surface area contributed by atoms with Crippen LogP contribution in [0.15, 0.2) is 0 Å². The first-order valence-corrected chi connectivity index (χ1v) is 58.1. The van der Waals surface area contributed by atoms with Crippen molar-refractivity contribution in [1.29, 1.82) is 0 Å². The summed E-state index contributed by atoms with van der Waals surface area (Å²) in [6, 6.07) is -1.28. The number of carbonyl (C=O) groups excluding carboxylic acids is 2. The zero-order valence-corrected chi connectivity index (χ0v) is 77.8. The second kappa shape index (κ2) is 42.3. The van der Waals surface area contributed by atoms with Crippen LogP contribution in [-0.2, 0) is 68.4 Å². The molecule has 0 aliphatic carbocycles. The first-order chi connectivity index (χ1) is 55.6. The average molecular weight is 2140 g/mol. The molecule has 8 bridgehead atoms. The number of carbonyl (C=O) groups is 2. The molecule has 720 valence electrons. The average Bonchev–Trinajstić information content (AvgIpc) is 0.700. The van der Waals surface area contributed by atoms with Gasteiger partial charge in [-0.3, -0.25) is 9.59 Å². The summed E-state index contributed by atoms with van der Waals surface area (Å²) < 4.78 is 574. The third-order valence-electron chi connectivity index (χ3n) is 18.5. The van der Waals surface area contributed by atoms with Crippen molar-refractivity contribution in [2.75, 3.05) is 70.7 Å². The summed E-state index contributed by atoms with van der Waals surface area (Å²) in [5.41, 5.74) is 0. The van der Waals surface area contributed by atoms with Crippen LogP contribution in [0.2, 0.25) is 48.4 Å². The van der Waals surface area contributed by atoms with Gasteiger partial charge in [-0.15, -0.1) is 0 Å². The summed E-state index contributed by atoms with van der Waals surface area (Å²) in [6.45, 7) is -4.38. The Hall–Kier alpha value is 0.615. The molecule has 66 heteroatoms. The van der Waals surface area contributed by atoms with Crippen molar-refractivity contribution in [1.82, 2.24) is 0 Å². The molecule has 6 saturated heterocycles. The summed E-state index contributed by atoms with van der Waals surface area (Å²) in [5.74, 6) is -119. The molecule has 0 aromatic heterocycles. The molecule has 6 aliphatic heterocycles. The Morgan fingerprint density at radius 1 is 0.230 bits per heavy atom. The summed E-state index contributed by atoms with van der Waals surface area (Å²) in [4.78, 5) is 25.7. The lowest BCUT2D eigenvalue weighted by Gasteiger charge is -2.63. The number of thioether (sulfide) groups is 2. The van der Waals surface area contributed by atoms with E-state index >= 15 is 0 Å². The third kappa shape index (κ3) is 23.9. The minimum absolute atomic E-state index is 0.0560. The van der Waals surface area contributed by atoms with Crippen molar-refractivity contribution in [3.63, 3.8) is 0 Å². The van der Waals surface area contributed by atoms with Crippen molar-refractivity contribution in [2.45, 2.75) is 259 Å². The van der Waals surface area contributed by atoms with Crippen LogP contribution in [0, 0.1) is 0 Å². The lowest BCUT2D eigenvalue weighted by molar-refractivity contribution is -0.461. The maximum atomic E-state index is 14.8. The molecular weight excluding hydrogens is 2060 g/mol. The van der Waals surface area contributed by atoms with Crippen LogP contribution < -0.4 is 0 Å². The summed E-state index contributed by atoms with van der Waals surface area (Å²) in [6.07, 6.45) is -20.7. The number of thiol groups is 6. The number of hydrogen-bond donors (Lipinski definition) is 6. The molecule has 16 nitrogen and oxygen atoms in total. The normalized spacial score (nSPS) is 26.6. The van der Waals surface area contributed by atoms with Crippen LogP contribution in [0.1, 0.15) is 116 Å². The van der Waals surface area contributed by atoms with Gasteiger partial charge < -0.3 is 58.9 Å². The van der Waals surface area contributed by atoms with E-state index in [9.17, 15) is 159 Å². The highest BCUT2D eigenvalue weighted by molar-refractivity contribution is 7.99. The zero-order valence-electron chi connectivity index (χ0n) is 62.8. The van der Waals surface area contributed by atoms with Gasteiger partial charge in [-0.1, -0.05) is 0 Å². The third-order valence-corrected chi connectivity index (χ3v) is 60.1. The predicted octanol–water partition coefficient (Wildman–Crippen LogP) is 20.9. The molecule has 0 saturated carbocycles. The first kappa shape index (κ1) is 113. The van der Waals surface area contributed by atoms with E-state index in [-0.39, 0.29) is 123 Å². The standard InChI is InChI=1S/C56H82F34O16S8Si8/c57-41(58,43(61,62)45(65,66)47(69,70)49(73,74)51(77,78)53(81,82)55(85,86)87)17-19-93-39(91)15-29-113-27-13-37-121-101-117(33-9-3-23-109)95-115(31-7-1-21-107)96-118(34-10-4-24-110)98-116(97-117,32-8-2-22-108)100-120(105-121,36-12-6-26-112)106-122(102-118,104-119(99-115,103-121)35-11-5-25-111)38-14-28-114-30-16-40(92)94-20-18-42(59,60)44(63,64)46(67,68)48(71,72)50(75,76)52(79,80)54(83,84)56(88,89)90/h107-112H,1-38H2. The molecule has 0 unspecified atom stereocenters. The van der Waals surface area contributed by atoms with Crippen LogP contribution in [0.5, 0.6) is 0 Å². The van der Waals surface area contributed by atoms with Crippen molar-refractivity contribution >= 4 is 182 Å². The highest BCUT2D eigenvalue weighted by atomic mass is 32.2. The van der Waals surface area contributed by atoms with Gasteiger partial charge in [0.25, 0.3) is 0 Å². The molecule has 0 atom stereocenters. The van der Waals surface area contributed by atoms with Crippen molar-refractivity contribution in [3.05, 3.63) is 0 Å². The van der Waals surface area contributed by atoms with Gasteiger partial charge in [0.05, 0.1) is 38.9 Å². The van der Waals surface area contributed by atoms with E-state index in [0.717, 1.165) is 23.5 Å². The SMILES string of the molecule is O=C(CCSCCC[Si]12O[Si]3(CCCCS)O[Si]4(CCCCS)O[Si]5(CCCCS)O[Si](CCCCS)(O3)O[Si](CCCCS)(O1)O[Si](CCCSCCC(=O)OCCC(F)(F)C(F)(F)C(F)(F)C(F)(F)C(F)(F)C(F)(F)C(F)(F)C(F)(F)F)(O5)O[Si](CCCCS)(O4)O2)OCCC(F)(F)C(F)(F)C(F)(F)C(F)(F)C(F)(F)C(F)(F)C(F)(F)C(F)(F)F. The number of esters is 2. The van der Waals surface area contributed by atoms with Gasteiger partial charge >= 0.3 is 178 Å². The fourth-order valence-electron chi connectivity index (χ4n) is 12.0. The zero-order chi connectivity index (χ0) is 93.3. The molecule has 0 aromatic carbocycles. The van der Waals surface area contributed by atoms with E-state index in [1.54, 1.807) is 0 Å². The van der Waals surface area contributed by atoms with Gasteiger partial charge in [0.2, 0.25) is 0 Å². The van der Waals surface area contributed by atoms with Crippen LogP contribution >= 0.6 is 99.3 Å². The monoisotopic (exact) mass is 2140 g/mol. The van der Waals surface area contributed by atoms with Crippen molar-refractivity contribution in [3.8, 4) is 0 Å². The Bertz CT molecular complexity index is 3140. The fourth-order valence-corrected chi connectivity index (χ4v) is 66.5. The smallest absolute Gasteiger partial charge is 0.465 e. The Morgan fingerprint density at radius 3 is 0.566 bits per heavy atom. The van der Waals surface area contributed by atoms with E-state index < -0.39 is 228 Å². The highest BCUT2D eigenvalue weighted by Gasteiger charge is 2.97. The first-order valence-electron chi connectivity index (χ1n) is 36.5. The van der Waals surface area contributed by atoms with Crippen molar-refractivity contribution in [2.24, 2.45) is 0 Å². The number of ether oxygens (including phenoxy) is 2. The Morgan fingerprint density at radius 2 is 0.393 bits per heavy atom. The largest absolute Gasteiger partial charge is 0.478 e. The minimum Gasteiger partial charge on any atom is -0.465 e. The topological polar surface area (TPSA) is 163 Å². The molecule has 0 amide bonds. The molecule has 0 aromatic rings. The molecule has 6 aliphatic rings. The minimum atomic E-state index is -8.86. The van der Waals surface area contributed by atoms with E-state index in [1.165, 1.54) is 0 Å². The molecule has 0 N–H and O–H groups in total. The molecule has 0 spiro atoms. The van der Waals surface area contributed by atoms with E-state index in [0.29, 0.717) is 61.5 Å². The number of halogens is 34. The Kier molecular flexibility index (Phi) is 39.2. The Balaban J connectivity index is 1.52. The van der Waals surface area contributed by atoms with E-state index in [1.807, 2.05) is 0 Å². The van der Waals surface area contributed by atoms with Crippen LogP contribution in [0.3, 0.4) is 0 Å². The molecule has 6 rings (SSSR count). The maximum Gasteiger partial charge on any atom is 0.478 e. The van der Waals surface area contributed by atoms with Crippen LogP contribution in [-0.4, -0.2) is 248 Å². The molecule has 6 fully saturated rings. The number of rotatable bonds is 56. The molecule has 122 heavy (non-hydrogen) atoms. The fraction of sp³-hybridized carbons (Fsp3) is 0.964. The van der Waals surface area contributed by atoms with Gasteiger partial charge in [-0.25, -0.2) is 0 Å². The second-order valence-electron chi connectivity index (χ2n) is 27.9. The van der Waals surface area contributed by atoms with Gasteiger partial charge in [-0.05, 0) is 136 Å². The molecule has 0 radical (unpaired) electrons. The van der Waals surface area contributed by atoms with Crippen LogP contribution in [0.25, 0.3) is 0 Å². The van der Waals surface area contributed by atoms with E-state index in [2.05, 4.69) is 85.2 Å². The quantitative estimate of drug-likeness (QED) is 0.0112. The lowest BCUT2D eigenvalue weighted by Crippen LogP contribution is -2.88. The van der Waals surface area contributed by atoms with E-state index in [4.69, 9.17) is 49.4 Å². The summed E-state index contributed by atoms with van der Waals surface area (Å²) in [5, 5.41) is 0. The number of hydrogen-bond acceptors (Lipinski definition) is 24. The Labute approximate surface area is 725 Å². The van der Waals surface area contributed by atoms with Gasteiger partial charge in [0, 0.05) is 59.9 Å². The summed E-state index contributed by atoms with van der Waals surface area (Å²) in [7, 11) is -38.4. The second-order valence-corrected chi connectivity index (χ2v) is 57.8. The summed E-state index contributed by atoms with van der Waals surface area (Å²) >= 11 is 28.3. The number of unbranched alkanes of at least 4 members (excludes halogenated alkanes) is 6. The molecular formula is C56H82F34O16S8Si8. The van der Waals surface area contributed by atoms with Gasteiger partial charge in [-0.2, -0.15) is 249 Å². The van der Waals surface area contributed by atoms with Gasteiger partial charge in [0.15, 0.2) is 0 Å². The lowest BCUT2D eigenvalue weighted by atomic mass is 9.88. The van der Waals surface area contributed by atoms with Gasteiger partial charge in [0.1, 0.15) is 0 Å². The highest BCUT2D eigenvalue weighted by Crippen LogP contribution is 2.67. The number of alkyl halides is 34. The maximum absolute atomic E-state index is 14.8. The van der Waals surface area contributed by atoms with Crippen molar-refractivity contribution < 1.29 is 218 Å². The van der Waals surface area contributed by atoms with Crippen LogP contribution in [0.4, 0.5) is 149 Å².